The van der Waals surface area contributed by atoms with E-state index in [1.807, 2.05) is 0 Å². The summed E-state index contributed by atoms with van der Waals surface area (Å²) in [5, 5.41) is 13.1. The zero-order valence-electron chi connectivity index (χ0n) is 17.2. The second-order valence-electron chi connectivity index (χ2n) is 7.92. The van der Waals surface area contributed by atoms with Gasteiger partial charge in [-0.2, -0.15) is 13.2 Å². The molecule has 11 heteroatoms. The zero-order valence-corrected chi connectivity index (χ0v) is 17.9. The minimum absolute atomic E-state index is 0.0209. The monoisotopic (exact) mass is 474 g/mol. The molecule has 2 aromatic carbocycles. The largest absolute Gasteiger partial charge is 0.416 e. The van der Waals surface area contributed by atoms with Gasteiger partial charge in [-0.15, -0.1) is 15.3 Å². The summed E-state index contributed by atoms with van der Waals surface area (Å²) in [6.45, 7) is 0.0209. The summed E-state index contributed by atoms with van der Waals surface area (Å²) in [6, 6.07) is 12.5. The molecule has 33 heavy (non-hydrogen) atoms. The van der Waals surface area contributed by atoms with E-state index in [9.17, 15) is 18.0 Å². The lowest BCUT2D eigenvalue weighted by Gasteiger charge is -2.11. The maximum Gasteiger partial charge on any atom is 0.416 e. The topological polar surface area (TPSA) is 81.4 Å². The van der Waals surface area contributed by atoms with Crippen molar-refractivity contribution in [3.8, 4) is 11.4 Å². The van der Waals surface area contributed by atoms with Crippen molar-refractivity contribution in [2.75, 3.05) is 0 Å². The molecule has 1 N–H and O–H groups in total. The first-order valence-electron chi connectivity index (χ1n) is 10.3. The molecule has 1 aliphatic carbocycles. The van der Waals surface area contributed by atoms with Crippen LogP contribution < -0.4 is 5.69 Å². The third kappa shape index (κ3) is 4.43. The van der Waals surface area contributed by atoms with E-state index in [-0.39, 0.29) is 36.1 Å². The molecule has 4 aromatic rings. The predicted molar refractivity (Wildman–Crippen MR) is 115 cm³/mol. The van der Waals surface area contributed by atoms with Gasteiger partial charge >= 0.3 is 11.9 Å². The highest BCUT2D eigenvalue weighted by Crippen LogP contribution is 2.36. The third-order valence-electron chi connectivity index (χ3n) is 5.45. The SMILES string of the molecule is O=c1n(Cc2nnc(Cc3ccccc3C(F)(F)F)[nH]2)nc(-c2ccc(Cl)cc2)n1C1CC1. The molecule has 0 unspecified atom stereocenters. The number of nitrogens with one attached hydrogen (secondary N) is 1. The maximum absolute atomic E-state index is 13.3. The molecule has 2 aromatic heterocycles. The molecule has 170 valence electrons. The molecule has 1 aliphatic rings. The number of halogens is 4. The highest BCUT2D eigenvalue weighted by molar-refractivity contribution is 6.30. The molecule has 1 fully saturated rings. The average molecular weight is 475 g/mol. The summed E-state index contributed by atoms with van der Waals surface area (Å²) >= 11 is 5.98. The highest BCUT2D eigenvalue weighted by atomic mass is 35.5. The molecular formula is C22H18ClF3N6O. The Balaban J connectivity index is 1.41. The van der Waals surface area contributed by atoms with Gasteiger partial charge in [-0.25, -0.2) is 9.48 Å². The number of benzene rings is 2. The smallest absolute Gasteiger partial charge is 0.327 e. The molecule has 0 radical (unpaired) electrons. The molecular weight excluding hydrogens is 457 g/mol. The van der Waals surface area contributed by atoms with Crippen molar-refractivity contribution < 1.29 is 13.2 Å². The lowest BCUT2D eigenvalue weighted by molar-refractivity contribution is -0.138. The van der Waals surface area contributed by atoms with Gasteiger partial charge in [-0.1, -0.05) is 29.8 Å². The van der Waals surface area contributed by atoms with Gasteiger partial charge in [0.05, 0.1) is 5.56 Å². The second-order valence-corrected chi connectivity index (χ2v) is 8.36. The van der Waals surface area contributed by atoms with Crippen LogP contribution in [0.4, 0.5) is 13.2 Å². The van der Waals surface area contributed by atoms with Crippen molar-refractivity contribution in [2.45, 2.75) is 38.0 Å². The minimum Gasteiger partial charge on any atom is -0.327 e. The number of aromatic nitrogens is 6. The van der Waals surface area contributed by atoms with E-state index in [1.54, 1.807) is 34.9 Å². The Morgan fingerprint density at radius 1 is 1.03 bits per heavy atom. The zero-order chi connectivity index (χ0) is 23.2. The molecule has 7 nitrogen and oxygen atoms in total. The van der Waals surface area contributed by atoms with Crippen LogP contribution in [-0.2, 0) is 19.1 Å². The normalized spacial score (nSPS) is 14.1. The summed E-state index contributed by atoms with van der Waals surface area (Å²) in [5.41, 5.74) is -0.130. The highest BCUT2D eigenvalue weighted by Gasteiger charge is 2.33. The summed E-state index contributed by atoms with van der Waals surface area (Å²) in [7, 11) is 0. The average Bonchev–Trinajstić information content (AvgIpc) is 3.43. The summed E-state index contributed by atoms with van der Waals surface area (Å²) < 4.78 is 42.7. The Morgan fingerprint density at radius 2 is 1.73 bits per heavy atom. The Hall–Kier alpha value is -3.40. The van der Waals surface area contributed by atoms with Crippen molar-refractivity contribution in [1.82, 2.24) is 29.5 Å². The Morgan fingerprint density at radius 3 is 2.42 bits per heavy atom. The van der Waals surface area contributed by atoms with Crippen molar-refractivity contribution in [1.29, 1.82) is 0 Å². The van der Waals surface area contributed by atoms with Crippen LogP contribution in [0.25, 0.3) is 11.4 Å². The molecule has 5 rings (SSSR count). The first-order valence-corrected chi connectivity index (χ1v) is 10.7. The lowest BCUT2D eigenvalue weighted by Crippen LogP contribution is -2.25. The van der Waals surface area contributed by atoms with Crippen LogP contribution in [0, 0.1) is 0 Å². The molecule has 2 heterocycles. The fourth-order valence-electron chi connectivity index (χ4n) is 3.74. The number of alkyl halides is 3. The standard InChI is InChI=1S/C22H18ClF3N6O/c23-15-7-5-13(6-8-15)20-30-31(21(33)32(20)16-9-10-16)12-19-27-18(28-29-19)11-14-3-1-2-4-17(14)22(24,25)26/h1-8,16H,9-12H2,(H,27,28,29). The van der Waals surface area contributed by atoms with Crippen LogP contribution >= 0.6 is 11.6 Å². The van der Waals surface area contributed by atoms with E-state index in [0.717, 1.165) is 24.5 Å². The van der Waals surface area contributed by atoms with Gasteiger partial charge in [0, 0.05) is 23.0 Å². The van der Waals surface area contributed by atoms with Crippen molar-refractivity contribution in [3.05, 3.63) is 86.8 Å². The molecule has 1 saturated carbocycles. The van der Waals surface area contributed by atoms with Gasteiger partial charge in [0.15, 0.2) is 11.6 Å². The number of hydrogen-bond donors (Lipinski definition) is 1. The lowest BCUT2D eigenvalue weighted by atomic mass is 10.0. The van der Waals surface area contributed by atoms with E-state index in [0.29, 0.717) is 16.7 Å². The van der Waals surface area contributed by atoms with Gasteiger partial charge in [0.1, 0.15) is 12.4 Å². The van der Waals surface area contributed by atoms with Crippen LogP contribution in [0.5, 0.6) is 0 Å². The fourth-order valence-corrected chi connectivity index (χ4v) is 3.87. The summed E-state index contributed by atoms with van der Waals surface area (Å²) in [6.07, 6.45) is -2.72. The minimum atomic E-state index is -4.46. The number of aromatic amines is 1. The molecule has 0 atom stereocenters. The van der Waals surface area contributed by atoms with E-state index in [1.165, 1.54) is 16.8 Å². The molecule has 0 aliphatic heterocycles. The Labute approximate surface area is 190 Å². The second kappa shape index (κ2) is 8.18. The van der Waals surface area contributed by atoms with Gasteiger partial charge in [-0.05, 0) is 48.7 Å². The number of H-pyrrole nitrogens is 1. The molecule has 0 bridgehead atoms. The number of nitrogens with zero attached hydrogens (tertiary/aromatic N) is 5. The van der Waals surface area contributed by atoms with E-state index in [2.05, 4.69) is 20.3 Å². The van der Waals surface area contributed by atoms with Gasteiger partial charge in [-0.3, -0.25) is 4.57 Å². The van der Waals surface area contributed by atoms with Crippen LogP contribution in [0.1, 0.15) is 41.7 Å². The Kier molecular flexibility index (Phi) is 5.32. The molecule has 0 saturated heterocycles. The number of hydrogen-bond acceptors (Lipinski definition) is 4. The summed E-state index contributed by atoms with van der Waals surface area (Å²) in [5.74, 6) is 1.15. The maximum atomic E-state index is 13.3. The van der Waals surface area contributed by atoms with Crippen LogP contribution in [0.3, 0.4) is 0 Å². The summed E-state index contributed by atoms with van der Waals surface area (Å²) in [4.78, 5) is 15.9. The van der Waals surface area contributed by atoms with Crippen molar-refractivity contribution in [3.63, 3.8) is 0 Å². The van der Waals surface area contributed by atoms with E-state index < -0.39 is 11.7 Å². The molecule has 0 amide bonds. The van der Waals surface area contributed by atoms with Crippen molar-refractivity contribution >= 4 is 11.6 Å². The fraction of sp³-hybridized carbons (Fsp3) is 0.273. The third-order valence-corrected chi connectivity index (χ3v) is 5.70. The Bertz CT molecular complexity index is 1350. The first-order chi connectivity index (χ1) is 15.8. The quantitative estimate of drug-likeness (QED) is 0.447. The van der Waals surface area contributed by atoms with E-state index in [4.69, 9.17) is 11.6 Å². The van der Waals surface area contributed by atoms with Gasteiger partial charge < -0.3 is 4.98 Å². The number of rotatable bonds is 6. The predicted octanol–water partition coefficient (Wildman–Crippen LogP) is 4.48. The van der Waals surface area contributed by atoms with Crippen LogP contribution in [-0.4, -0.2) is 29.5 Å². The van der Waals surface area contributed by atoms with Gasteiger partial charge in [0.2, 0.25) is 0 Å². The van der Waals surface area contributed by atoms with Crippen LogP contribution in [0.2, 0.25) is 5.02 Å². The van der Waals surface area contributed by atoms with Gasteiger partial charge in [0.25, 0.3) is 0 Å². The van der Waals surface area contributed by atoms with Crippen molar-refractivity contribution in [2.24, 2.45) is 0 Å². The first kappa shape index (κ1) is 21.4. The molecule has 0 spiro atoms. The van der Waals surface area contributed by atoms with E-state index >= 15 is 0 Å². The van der Waals surface area contributed by atoms with Crippen LogP contribution in [0.15, 0.2) is 53.3 Å².